The van der Waals surface area contributed by atoms with Crippen LogP contribution in [-0.2, 0) is 5.60 Å². The minimum atomic E-state index is -1.56. The maximum atomic E-state index is 12.0. The van der Waals surface area contributed by atoms with Gasteiger partial charge in [-0.15, -0.1) is 0 Å². The lowest BCUT2D eigenvalue weighted by atomic mass is 9.78. The van der Waals surface area contributed by atoms with E-state index in [2.05, 4.69) is 30.9 Å². The molecule has 3 rings (SSSR count). The fourth-order valence-corrected chi connectivity index (χ4v) is 3.26. The molecule has 0 radical (unpaired) electrons. The van der Waals surface area contributed by atoms with Crippen molar-refractivity contribution in [1.82, 2.24) is 20.0 Å². The highest BCUT2D eigenvalue weighted by Crippen LogP contribution is 2.43. The normalized spacial score (nSPS) is 12.9. The first kappa shape index (κ1) is 19.0. The van der Waals surface area contributed by atoms with Crippen molar-refractivity contribution in [2.24, 2.45) is 11.6 Å². The van der Waals surface area contributed by atoms with Crippen molar-refractivity contribution in [2.45, 2.75) is 11.6 Å². The average Bonchev–Trinajstić information content (AvgIpc) is 2.71. The highest BCUT2D eigenvalue weighted by Gasteiger charge is 2.44. The molecule has 1 unspecified atom stereocenters. The van der Waals surface area contributed by atoms with Crippen LogP contribution in [-0.4, -0.2) is 25.1 Å². The van der Waals surface area contributed by atoms with Gasteiger partial charge in [-0.25, -0.2) is 10.8 Å². The maximum absolute atomic E-state index is 12.0. The number of hydrogen-bond donors (Lipinski definition) is 3. The molecule has 0 aliphatic rings. The summed E-state index contributed by atoms with van der Waals surface area (Å²) in [5.74, 6) is 6.29. The summed E-state index contributed by atoms with van der Waals surface area (Å²) >= 11 is 3.33. The highest BCUT2D eigenvalue weighted by atomic mass is 79.9. The lowest BCUT2D eigenvalue weighted by Gasteiger charge is -2.41. The summed E-state index contributed by atoms with van der Waals surface area (Å²) in [4.78, 5) is 12.6. The number of hydrazine groups is 1. The SMILES string of the molecule is N/C=C\N(N)C(c1ccc(Br)nc1)C(O)(c1cccnc1)c1cccnc1. The number of nitrogens with zero attached hydrogens (tertiary/aromatic N) is 4. The van der Waals surface area contributed by atoms with Crippen molar-refractivity contribution >= 4 is 15.9 Å². The fourth-order valence-electron chi connectivity index (χ4n) is 3.02. The van der Waals surface area contributed by atoms with Crippen LogP contribution in [0, 0.1) is 0 Å². The Bertz CT molecular complexity index is 850. The van der Waals surface area contributed by atoms with Gasteiger partial charge in [0.1, 0.15) is 16.2 Å². The third-order valence-corrected chi connectivity index (χ3v) is 4.69. The standard InChI is InChI=1S/C19H19BrN6O/c20-17-6-5-14(11-25-17)18(26(22)10-7-21)19(27,15-3-1-8-23-12-15)16-4-2-9-24-13-16/h1-13,18,27H,21-22H2/b10-7-. The third kappa shape index (κ3) is 3.82. The molecule has 27 heavy (non-hydrogen) atoms. The van der Waals surface area contributed by atoms with Crippen LogP contribution in [0.5, 0.6) is 0 Å². The molecule has 3 heterocycles. The van der Waals surface area contributed by atoms with E-state index >= 15 is 0 Å². The Morgan fingerprint density at radius 3 is 2.11 bits per heavy atom. The Morgan fingerprint density at radius 1 is 1.04 bits per heavy atom. The molecule has 0 spiro atoms. The molecule has 0 aliphatic heterocycles. The lowest BCUT2D eigenvalue weighted by molar-refractivity contribution is -0.00697. The largest absolute Gasteiger partial charge is 0.403 e. The van der Waals surface area contributed by atoms with Gasteiger partial charge in [-0.1, -0.05) is 18.2 Å². The number of nitrogens with two attached hydrogens (primary N) is 2. The molecule has 1 atom stereocenters. The summed E-state index contributed by atoms with van der Waals surface area (Å²) in [7, 11) is 0. The summed E-state index contributed by atoms with van der Waals surface area (Å²) < 4.78 is 0.675. The van der Waals surface area contributed by atoms with Crippen LogP contribution in [0.1, 0.15) is 22.7 Å². The number of aliphatic hydroxyl groups is 1. The minimum absolute atomic E-state index is 0.562. The van der Waals surface area contributed by atoms with Gasteiger partial charge in [0.15, 0.2) is 0 Å². The van der Waals surface area contributed by atoms with Crippen molar-refractivity contribution in [3.63, 3.8) is 0 Å². The average molecular weight is 427 g/mol. The number of halogens is 1. The van der Waals surface area contributed by atoms with E-state index in [0.717, 1.165) is 0 Å². The van der Waals surface area contributed by atoms with Crippen molar-refractivity contribution in [2.75, 3.05) is 0 Å². The van der Waals surface area contributed by atoms with Crippen LogP contribution in [0.25, 0.3) is 0 Å². The van der Waals surface area contributed by atoms with Gasteiger partial charge in [0.05, 0.1) is 0 Å². The van der Waals surface area contributed by atoms with Crippen LogP contribution in [0.4, 0.5) is 0 Å². The Kier molecular flexibility index (Phi) is 5.80. The van der Waals surface area contributed by atoms with Gasteiger partial charge in [0.25, 0.3) is 0 Å². The monoisotopic (exact) mass is 426 g/mol. The highest BCUT2D eigenvalue weighted by molar-refractivity contribution is 9.10. The van der Waals surface area contributed by atoms with Crippen molar-refractivity contribution in [1.29, 1.82) is 0 Å². The molecule has 138 valence electrons. The molecule has 0 amide bonds. The zero-order valence-corrected chi connectivity index (χ0v) is 15.9. The molecule has 5 N–H and O–H groups in total. The van der Waals surface area contributed by atoms with Gasteiger partial charge in [-0.2, -0.15) is 0 Å². The van der Waals surface area contributed by atoms with Gasteiger partial charge < -0.3 is 15.8 Å². The zero-order valence-electron chi connectivity index (χ0n) is 14.4. The summed E-state index contributed by atoms with van der Waals surface area (Å²) in [6.45, 7) is 0. The lowest BCUT2D eigenvalue weighted by Crippen LogP contribution is -2.46. The first-order valence-electron chi connectivity index (χ1n) is 8.13. The van der Waals surface area contributed by atoms with Crippen molar-refractivity contribution in [3.05, 3.63) is 101 Å². The smallest absolute Gasteiger partial charge is 0.144 e. The van der Waals surface area contributed by atoms with Crippen molar-refractivity contribution < 1.29 is 5.11 Å². The molecule has 0 aromatic carbocycles. The van der Waals surface area contributed by atoms with E-state index in [0.29, 0.717) is 21.3 Å². The van der Waals surface area contributed by atoms with Gasteiger partial charge in [0, 0.05) is 54.5 Å². The predicted octanol–water partition coefficient (Wildman–Crippen LogP) is 2.22. The van der Waals surface area contributed by atoms with Crippen molar-refractivity contribution in [3.8, 4) is 0 Å². The second-order valence-corrected chi connectivity index (χ2v) is 6.67. The summed E-state index contributed by atoms with van der Waals surface area (Å²) in [5, 5.41) is 13.4. The summed E-state index contributed by atoms with van der Waals surface area (Å²) in [5.41, 5.74) is 5.81. The number of pyridine rings is 3. The third-order valence-electron chi connectivity index (χ3n) is 4.22. The molecule has 7 nitrogen and oxygen atoms in total. The Balaban J connectivity index is 2.26. The van der Waals surface area contributed by atoms with Crippen LogP contribution in [0.3, 0.4) is 0 Å². The Hall–Kier alpha value is -2.81. The Labute approximate surface area is 165 Å². The van der Waals surface area contributed by atoms with E-state index < -0.39 is 11.6 Å². The van der Waals surface area contributed by atoms with Gasteiger partial charge in [0.2, 0.25) is 0 Å². The summed E-state index contributed by atoms with van der Waals surface area (Å²) in [6, 6.07) is 9.98. The number of aromatic nitrogens is 3. The molecule has 0 aliphatic carbocycles. The molecule has 0 bridgehead atoms. The first-order valence-corrected chi connectivity index (χ1v) is 8.93. The predicted molar refractivity (Wildman–Crippen MR) is 106 cm³/mol. The second kappa shape index (κ2) is 8.26. The van der Waals surface area contributed by atoms with Crippen LogP contribution < -0.4 is 11.6 Å². The number of hydrogen-bond acceptors (Lipinski definition) is 7. The van der Waals surface area contributed by atoms with Gasteiger partial charge in [-0.3, -0.25) is 9.97 Å². The van der Waals surface area contributed by atoms with E-state index in [-0.39, 0.29) is 0 Å². The van der Waals surface area contributed by atoms with Crippen LogP contribution >= 0.6 is 15.9 Å². The van der Waals surface area contributed by atoms with Gasteiger partial charge >= 0.3 is 0 Å². The van der Waals surface area contributed by atoms with E-state index in [4.69, 9.17) is 11.6 Å². The van der Waals surface area contributed by atoms with E-state index in [1.54, 1.807) is 61.3 Å². The van der Waals surface area contributed by atoms with E-state index in [9.17, 15) is 5.11 Å². The van der Waals surface area contributed by atoms with E-state index in [1.807, 2.05) is 6.07 Å². The number of rotatable bonds is 6. The molecular weight excluding hydrogens is 408 g/mol. The molecule has 0 fully saturated rings. The first-order chi connectivity index (χ1) is 13.1. The second-order valence-electron chi connectivity index (χ2n) is 5.86. The summed E-state index contributed by atoms with van der Waals surface area (Å²) in [6.07, 6.45) is 10.9. The van der Waals surface area contributed by atoms with E-state index in [1.165, 1.54) is 17.4 Å². The topological polar surface area (TPSA) is 114 Å². The molecule has 0 saturated carbocycles. The Morgan fingerprint density at radius 2 is 1.67 bits per heavy atom. The molecule has 0 saturated heterocycles. The minimum Gasteiger partial charge on any atom is -0.403 e. The van der Waals surface area contributed by atoms with Crippen LogP contribution in [0.15, 0.2) is 84.4 Å². The quantitative estimate of drug-likeness (QED) is 0.314. The molecule has 3 aromatic rings. The molecule has 3 aromatic heterocycles. The van der Waals surface area contributed by atoms with Gasteiger partial charge in [-0.05, 0) is 39.7 Å². The zero-order chi connectivity index (χ0) is 19.3. The maximum Gasteiger partial charge on any atom is 0.144 e. The molecular formula is C19H19BrN6O. The van der Waals surface area contributed by atoms with Crippen LogP contribution in [0.2, 0.25) is 0 Å². The molecule has 8 heteroatoms. The fraction of sp³-hybridized carbons (Fsp3) is 0.105.